The molecule has 1 rings (SSSR count). The van der Waals surface area contributed by atoms with Crippen LogP contribution in [0.1, 0.15) is 19.8 Å². The molecule has 0 fully saturated rings. The monoisotopic (exact) mass is 337 g/mol. The minimum absolute atomic E-state index is 0.185. The van der Waals surface area contributed by atoms with Crippen LogP contribution in [-0.4, -0.2) is 49.2 Å². The molecule has 1 aromatic carbocycles. The molecular weight excluding hydrogens is 314 g/mol. The van der Waals surface area contributed by atoms with Crippen LogP contribution in [0, 0.1) is 0 Å². The van der Waals surface area contributed by atoms with Crippen molar-refractivity contribution in [3.63, 3.8) is 0 Å². The molecule has 0 spiro atoms. The van der Waals surface area contributed by atoms with E-state index in [4.69, 9.17) is 9.84 Å². The maximum atomic E-state index is 12.0. The summed E-state index contributed by atoms with van der Waals surface area (Å²) in [4.78, 5) is 34.1. The van der Waals surface area contributed by atoms with Gasteiger partial charge in [-0.15, -0.1) is 0 Å². The lowest BCUT2D eigenvalue weighted by atomic mass is 10.2. The van der Waals surface area contributed by atoms with E-state index >= 15 is 0 Å². The van der Waals surface area contributed by atoms with Gasteiger partial charge in [-0.1, -0.05) is 0 Å². The van der Waals surface area contributed by atoms with Gasteiger partial charge in [-0.3, -0.25) is 14.4 Å². The number of ether oxygens (including phenoxy) is 1. The van der Waals surface area contributed by atoms with Crippen LogP contribution in [0.2, 0.25) is 0 Å². The molecule has 8 nitrogen and oxygen atoms in total. The summed E-state index contributed by atoms with van der Waals surface area (Å²) in [6.45, 7) is 2.37. The second-order valence-electron chi connectivity index (χ2n) is 5.20. The third-order valence-electron chi connectivity index (χ3n) is 3.09. The number of amides is 2. The molecule has 0 aliphatic carbocycles. The summed E-state index contributed by atoms with van der Waals surface area (Å²) in [5, 5.41) is 17.2. The quantitative estimate of drug-likeness (QED) is 0.474. The van der Waals surface area contributed by atoms with Crippen molar-refractivity contribution in [1.82, 2.24) is 5.32 Å². The highest BCUT2D eigenvalue weighted by Crippen LogP contribution is 2.14. The first kappa shape index (κ1) is 19.6. The Morgan fingerprint density at radius 3 is 2.21 bits per heavy atom. The SMILES string of the molecule is COCCCNC(CC(=O)Nc1ccc(NC(C)=O)cc1)C(=O)O. The Kier molecular flexibility index (Phi) is 8.45. The summed E-state index contributed by atoms with van der Waals surface area (Å²) in [7, 11) is 1.57. The van der Waals surface area contributed by atoms with Gasteiger partial charge in [-0.05, 0) is 37.2 Å². The van der Waals surface area contributed by atoms with Gasteiger partial charge in [0.15, 0.2) is 0 Å². The molecule has 0 saturated heterocycles. The zero-order valence-corrected chi connectivity index (χ0v) is 13.8. The number of benzene rings is 1. The van der Waals surface area contributed by atoms with Gasteiger partial charge >= 0.3 is 5.97 Å². The van der Waals surface area contributed by atoms with Crippen molar-refractivity contribution >= 4 is 29.2 Å². The highest BCUT2D eigenvalue weighted by Gasteiger charge is 2.20. The summed E-state index contributed by atoms with van der Waals surface area (Å²) in [6.07, 6.45) is 0.474. The number of carbonyl (C=O) groups is 3. The van der Waals surface area contributed by atoms with Crippen LogP contribution in [0.5, 0.6) is 0 Å². The smallest absolute Gasteiger partial charge is 0.321 e. The fourth-order valence-corrected chi connectivity index (χ4v) is 1.98. The molecule has 0 radical (unpaired) electrons. The van der Waals surface area contributed by atoms with E-state index in [1.165, 1.54) is 6.92 Å². The van der Waals surface area contributed by atoms with Gasteiger partial charge in [0.05, 0.1) is 6.42 Å². The first-order valence-electron chi connectivity index (χ1n) is 7.55. The van der Waals surface area contributed by atoms with Crippen LogP contribution in [0.3, 0.4) is 0 Å². The summed E-state index contributed by atoms with van der Waals surface area (Å²) in [5.74, 6) is -1.67. The van der Waals surface area contributed by atoms with Gasteiger partial charge in [0.25, 0.3) is 0 Å². The molecule has 0 heterocycles. The number of methoxy groups -OCH3 is 1. The molecule has 0 aliphatic heterocycles. The highest BCUT2D eigenvalue weighted by atomic mass is 16.5. The van der Waals surface area contributed by atoms with Gasteiger partial charge in [-0.25, -0.2) is 0 Å². The topological polar surface area (TPSA) is 117 Å². The van der Waals surface area contributed by atoms with Crippen LogP contribution < -0.4 is 16.0 Å². The Balaban J connectivity index is 2.49. The number of hydrogen-bond donors (Lipinski definition) is 4. The standard InChI is InChI=1S/C16H23N3O5/c1-11(20)18-12-4-6-13(7-5-12)19-15(21)10-14(16(22)23)17-8-3-9-24-2/h4-7,14,17H,3,8-10H2,1-2H3,(H,18,20)(H,19,21)(H,22,23). The molecule has 0 aromatic heterocycles. The van der Waals surface area contributed by atoms with E-state index in [0.717, 1.165) is 0 Å². The molecule has 1 atom stereocenters. The van der Waals surface area contributed by atoms with Crippen molar-refractivity contribution < 1.29 is 24.2 Å². The molecule has 132 valence electrons. The lowest BCUT2D eigenvalue weighted by Crippen LogP contribution is -2.40. The number of carboxylic acids is 1. The number of anilines is 2. The van der Waals surface area contributed by atoms with Crippen molar-refractivity contribution in [1.29, 1.82) is 0 Å². The molecule has 0 saturated carbocycles. The molecule has 24 heavy (non-hydrogen) atoms. The Morgan fingerprint density at radius 1 is 1.12 bits per heavy atom. The van der Waals surface area contributed by atoms with Gasteiger partial charge in [0.2, 0.25) is 11.8 Å². The zero-order valence-electron chi connectivity index (χ0n) is 13.8. The van der Waals surface area contributed by atoms with Crippen LogP contribution in [0.4, 0.5) is 11.4 Å². The van der Waals surface area contributed by atoms with Crippen LogP contribution in [0.25, 0.3) is 0 Å². The van der Waals surface area contributed by atoms with E-state index in [1.807, 2.05) is 0 Å². The fraction of sp³-hybridized carbons (Fsp3) is 0.438. The van der Waals surface area contributed by atoms with E-state index < -0.39 is 17.9 Å². The van der Waals surface area contributed by atoms with Crippen molar-refractivity contribution in [3.05, 3.63) is 24.3 Å². The predicted molar refractivity (Wildman–Crippen MR) is 89.9 cm³/mol. The Bertz CT molecular complexity index is 559. The fourth-order valence-electron chi connectivity index (χ4n) is 1.98. The molecule has 4 N–H and O–H groups in total. The first-order valence-corrected chi connectivity index (χ1v) is 7.55. The van der Waals surface area contributed by atoms with E-state index in [9.17, 15) is 14.4 Å². The molecule has 8 heteroatoms. The second-order valence-corrected chi connectivity index (χ2v) is 5.20. The van der Waals surface area contributed by atoms with Crippen LogP contribution in [0.15, 0.2) is 24.3 Å². The summed E-state index contributed by atoms with van der Waals surface area (Å²) in [5.41, 5.74) is 1.14. The predicted octanol–water partition coefficient (Wildman–Crippen LogP) is 1.05. The third-order valence-corrected chi connectivity index (χ3v) is 3.09. The number of hydrogen-bond acceptors (Lipinski definition) is 5. The summed E-state index contributed by atoms with van der Waals surface area (Å²) < 4.78 is 4.88. The Hall–Kier alpha value is -2.45. The molecule has 2 amide bonds. The van der Waals surface area contributed by atoms with E-state index in [-0.39, 0.29) is 12.3 Å². The van der Waals surface area contributed by atoms with Gasteiger partial charge in [0.1, 0.15) is 6.04 Å². The average molecular weight is 337 g/mol. The summed E-state index contributed by atoms with van der Waals surface area (Å²) >= 11 is 0. The summed E-state index contributed by atoms with van der Waals surface area (Å²) in [6, 6.07) is 5.60. The van der Waals surface area contributed by atoms with E-state index in [0.29, 0.717) is 30.9 Å². The number of carboxylic acid groups (broad SMARTS) is 1. The number of carbonyl (C=O) groups excluding carboxylic acids is 2. The first-order chi connectivity index (χ1) is 11.4. The van der Waals surface area contributed by atoms with Gasteiger partial charge in [0, 0.05) is 32.0 Å². The molecular formula is C16H23N3O5. The minimum atomic E-state index is -1.08. The zero-order chi connectivity index (χ0) is 17.9. The maximum absolute atomic E-state index is 12.0. The lowest BCUT2D eigenvalue weighted by Gasteiger charge is -2.14. The molecule has 1 aromatic rings. The van der Waals surface area contributed by atoms with Crippen molar-refractivity contribution in [2.24, 2.45) is 0 Å². The van der Waals surface area contributed by atoms with E-state index in [1.54, 1.807) is 31.4 Å². The van der Waals surface area contributed by atoms with Gasteiger partial charge in [-0.2, -0.15) is 0 Å². The number of nitrogens with one attached hydrogen (secondary N) is 3. The van der Waals surface area contributed by atoms with Crippen LogP contribution >= 0.6 is 0 Å². The normalized spacial score (nSPS) is 11.6. The minimum Gasteiger partial charge on any atom is -0.480 e. The van der Waals surface area contributed by atoms with Crippen molar-refractivity contribution in [2.45, 2.75) is 25.8 Å². The maximum Gasteiger partial charge on any atom is 0.321 e. The molecule has 1 unspecified atom stereocenters. The number of rotatable bonds is 10. The highest BCUT2D eigenvalue weighted by molar-refractivity contribution is 5.94. The van der Waals surface area contributed by atoms with Crippen molar-refractivity contribution in [3.8, 4) is 0 Å². The van der Waals surface area contributed by atoms with E-state index in [2.05, 4.69) is 16.0 Å². The lowest BCUT2D eigenvalue weighted by molar-refractivity contribution is -0.141. The van der Waals surface area contributed by atoms with Crippen molar-refractivity contribution in [2.75, 3.05) is 30.9 Å². The second kappa shape index (κ2) is 10.3. The molecule has 0 aliphatic rings. The van der Waals surface area contributed by atoms with Gasteiger partial charge < -0.3 is 25.8 Å². The third kappa shape index (κ3) is 7.70. The number of aliphatic carboxylic acids is 1. The Morgan fingerprint density at radius 2 is 1.71 bits per heavy atom. The van der Waals surface area contributed by atoms with Crippen LogP contribution in [-0.2, 0) is 19.1 Å². The Labute approximate surface area is 140 Å². The molecule has 0 bridgehead atoms. The largest absolute Gasteiger partial charge is 0.480 e. The average Bonchev–Trinajstić information content (AvgIpc) is 2.51.